The fourth-order valence-electron chi connectivity index (χ4n) is 1.68. The van der Waals surface area contributed by atoms with E-state index in [0.29, 0.717) is 11.4 Å². The van der Waals surface area contributed by atoms with Gasteiger partial charge in [0.15, 0.2) is 0 Å². The lowest BCUT2D eigenvalue weighted by molar-refractivity contribution is -0.123. The Morgan fingerprint density at radius 2 is 1.86 bits per heavy atom. The van der Waals surface area contributed by atoms with Crippen LogP contribution < -0.4 is 10.6 Å². The van der Waals surface area contributed by atoms with E-state index in [1.807, 2.05) is 0 Å². The molecule has 0 saturated heterocycles. The Hall–Kier alpha value is -1.63. The van der Waals surface area contributed by atoms with Crippen LogP contribution in [-0.2, 0) is 4.79 Å². The maximum atomic E-state index is 11.9. The molecule has 0 heterocycles. The van der Waals surface area contributed by atoms with Crippen LogP contribution in [0.3, 0.4) is 0 Å². The highest BCUT2D eigenvalue weighted by atomic mass is 35.5. The SMILES string of the molecule is CCC(CO)(CO)NC(=O)CNC(=O)c1ccccc1Cl. The smallest absolute Gasteiger partial charge is 0.253 e. The molecule has 0 fully saturated rings. The van der Waals surface area contributed by atoms with Crippen molar-refractivity contribution in [1.29, 1.82) is 0 Å². The van der Waals surface area contributed by atoms with Crippen molar-refractivity contribution >= 4 is 23.4 Å². The Morgan fingerprint density at radius 3 is 2.38 bits per heavy atom. The van der Waals surface area contributed by atoms with Gasteiger partial charge in [-0.2, -0.15) is 0 Å². The quantitative estimate of drug-likeness (QED) is 0.582. The van der Waals surface area contributed by atoms with Crippen molar-refractivity contribution in [3.8, 4) is 0 Å². The zero-order valence-corrected chi connectivity index (χ0v) is 12.5. The fourth-order valence-corrected chi connectivity index (χ4v) is 1.90. The number of benzene rings is 1. The first kappa shape index (κ1) is 17.4. The van der Waals surface area contributed by atoms with Gasteiger partial charge in [-0.05, 0) is 18.6 Å². The molecule has 0 aliphatic heterocycles. The third-order valence-corrected chi connectivity index (χ3v) is 3.54. The summed E-state index contributed by atoms with van der Waals surface area (Å²) in [4.78, 5) is 23.6. The third kappa shape index (κ3) is 4.70. The number of amides is 2. The molecule has 0 atom stereocenters. The van der Waals surface area contributed by atoms with Gasteiger partial charge in [0.25, 0.3) is 5.91 Å². The Bertz CT molecular complexity index is 495. The summed E-state index contributed by atoms with van der Waals surface area (Å²) < 4.78 is 0. The summed E-state index contributed by atoms with van der Waals surface area (Å²) in [6, 6.07) is 6.49. The van der Waals surface area contributed by atoms with Gasteiger partial charge in [-0.3, -0.25) is 9.59 Å². The van der Waals surface area contributed by atoms with Crippen molar-refractivity contribution in [3.05, 3.63) is 34.9 Å². The van der Waals surface area contributed by atoms with Crippen molar-refractivity contribution in [2.45, 2.75) is 18.9 Å². The summed E-state index contributed by atoms with van der Waals surface area (Å²) in [5.41, 5.74) is -0.801. The minimum Gasteiger partial charge on any atom is -0.394 e. The Kier molecular flexibility index (Phi) is 6.61. The lowest BCUT2D eigenvalue weighted by Crippen LogP contribution is -2.55. The van der Waals surface area contributed by atoms with E-state index < -0.39 is 17.4 Å². The van der Waals surface area contributed by atoms with Crippen LogP contribution in [0.25, 0.3) is 0 Å². The Morgan fingerprint density at radius 1 is 1.24 bits per heavy atom. The number of halogens is 1. The zero-order chi connectivity index (χ0) is 15.9. The van der Waals surface area contributed by atoms with Crippen LogP contribution in [0.5, 0.6) is 0 Å². The maximum absolute atomic E-state index is 11.9. The van der Waals surface area contributed by atoms with E-state index >= 15 is 0 Å². The van der Waals surface area contributed by atoms with Gasteiger partial charge < -0.3 is 20.8 Å². The largest absolute Gasteiger partial charge is 0.394 e. The lowest BCUT2D eigenvalue weighted by Gasteiger charge is -2.29. The molecular formula is C14H19ClN2O4. The number of aliphatic hydroxyl groups is 2. The average Bonchev–Trinajstić information content (AvgIpc) is 2.51. The molecular weight excluding hydrogens is 296 g/mol. The van der Waals surface area contributed by atoms with E-state index in [2.05, 4.69) is 10.6 Å². The Labute approximate surface area is 128 Å². The molecule has 4 N–H and O–H groups in total. The standard InChI is InChI=1S/C14H19ClN2O4/c1-2-14(8-18,9-19)17-12(20)7-16-13(21)10-5-3-4-6-11(10)15/h3-6,18-19H,2,7-9H2,1H3,(H,16,21)(H,17,20). The summed E-state index contributed by atoms with van der Waals surface area (Å²) in [5.74, 6) is -0.966. The highest BCUT2D eigenvalue weighted by molar-refractivity contribution is 6.33. The van der Waals surface area contributed by atoms with Gasteiger partial charge in [0, 0.05) is 0 Å². The number of aliphatic hydroxyl groups excluding tert-OH is 2. The summed E-state index contributed by atoms with van der Waals surface area (Å²) in [6.45, 7) is 0.690. The monoisotopic (exact) mass is 314 g/mol. The van der Waals surface area contributed by atoms with Crippen molar-refractivity contribution in [2.75, 3.05) is 19.8 Å². The number of carbonyl (C=O) groups excluding carboxylic acids is 2. The van der Waals surface area contributed by atoms with E-state index in [9.17, 15) is 19.8 Å². The molecule has 1 rings (SSSR count). The van der Waals surface area contributed by atoms with E-state index in [1.165, 1.54) is 0 Å². The molecule has 0 aromatic heterocycles. The molecule has 0 unspecified atom stereocenters. The molecule has 116 valence electrons. The van der Waals surface area contributed by atoms with E-state index in [0.717, 1.165) is 0 Å². The van der Waals surface area contributed by atoms with Gasteiger partial charge in [0.1, 0.15) is 0 Å². The second-order valence-corrected chi connectivity index (χ2v) is 5.07. The highest BCUT2D eigenvalue weighted by Gasteiger charge is 2.28. The number of hydrogen-bond acceptors (Lipinski definition) is 4. The number of nitrogens with one attached hydrogen (secondary N) is 2. The van der Waals surface area contributed by atoms with E-state index in [4.69, 9.17) is 11.6 Å². The predicted molar refractivity (Wildman–Crippen MR) is 79.1 cm³/mol. The second kappa shape index (κ2) is 7.97. The van der Waals surface area contributed by atoms with Gasteiger partial charge in [-0.15, -0.1) is 0 Å². The highest BCUT2D eigenvalue weighted by Crippen LogP contribution is 2.14. The van der Waals surface area contributed by atoms with Crippen LogP contribution in [-0.4, -0.2) is 47.3 Å². The number of rotatable bonds is 7. The molecule has 6 nitrogen and oxygen atoms in total. The van der Waals surface area contributed by atoms with Gasteiger partial charge >= 0.3 is 0 Å². The van der Waals surface area contributed by atoms with Crippen LogP contribution in [0.2, 0.25) is 5.02 Å². The van der Waals surface area contributed by atoms with Crippen molar-refractivity contribution in [2.24, 2.45) is 0 Å². The number of hydrogen-bond donors (Lipinski definition) is 4. The third-order valence-electron chi connectivity index (χ3n) is 3.21. The minimum atomic E-state index is -1.08. The van der Waals surface area contributed by atoms with Crippen LogP contribution >= 0.6 is 11.6 Å². The summed E-state index contributed by atoms with van der Waals surface area (Å²) in [7, 11) is 0. The van der Waals surface area contributed by atoms with Gasteiger partial charge in [0.2, 0.25) is 5.91 Å². The predicted octanol–water partition coefficient (Wildman–Crippen LogP) is 0.319. The molecule has 21 heavy (non-hydrogen) atoms. The second-order valence-electron chi connectivity index (χ2n) is 4.66. The average molecular weight is 315 g/mol. The number of carbonyl (C=O) groups is 2. The normalized spacial score (nSPS) is 11.0. The molecule has 0 aliphatic carbocycles. The van der Waals surface area contributed by atoms with Crippen LogP contribution in [0.15, 0.2) is 24.3 Å². The van der Waals surface area contributed by atoms with E-state index in [-0.39, 0.29) is 25.3 Å². The van der Waals surface area contributed by atoms with Gasteiger partial charge in [-0.1, -0.05) is 30.7 Å². The lowest BCUT2D eigenvalue weighted by atomic mass is 9.98. The van der Waals surface area contributed by atoms with Gasteiger partial charge in [-0.25, -0.2) is 0 Å². The first-order valence-corrected chi connectivity index (χ1v) is 6.91. The van der Waals surface area contributed by atoms with Crippen LogP contribution in [0.4, 0.5) is 0 Å². The van der Waals surface area contributed by atoms with E-state index in [1.54, 1.807) is 31.2 Å². The van der Waals surface area contributed by atoms with Gasteiger partial charge in [0.05, 0.1) is 35.9 Å². The topological polar surface area (TPSA) is 98.7 Å². The fraction of sp³-hybridized carbons (Fsp3) is 0.429. The first-order valence-electron chi connectivity index (χ1n) is 6.53. The molecule has 0 spiro atoms. The van der Waals surface area contributed by atoms with Crippen LogP contribution in [0, 0.1) is 0 Å². The van der Waals surface area contributed by atoms with Crippen molar-refractivity contribution in [3.63, 3.8) is 0 Å². The molecule has 7 heteroatoms. The first-order chi connectivity index (χ1) is 9.98. The molecule has 0 aliphatic rings. The van der Waals surface area contributed by atoms with Crippen molar-refractivity contribution < 1.29 is 19.8 Å². The summed E-state index contributed by atoms with van der Waals surface area (Å²) in [5, 5.41) is 23.7. The maximum Gasteiger partial charge on any atom is 0.253 e. The summed E-state index contributed by atoms with van der Waals surface area (Å²) in [6.07, 6.45) is 0.365. The molecule has 0 bridgehead atoms. The molecule has 0 saturated carbocycles. The summed E-state index contributed by atoms with van der Waals surface area (Å²) >= 11 is 5.88. The molecule has 2 amide bonds. The minimum absolute atomic E-state index is 0.272. The molecule has 1 aromatic rings. The molecule has 0 radical (unpaired) electrons. The van der Waals surface area contributed by atoms with Crippen molar-refractivity contribution in [1.82, 2.24) is 10.6 Å². The van der Waals surface area contributed by atoms with Crippen LogP contribution in [0.1, 0.15) is 23.7 Å². The zero-order valence-electron chi connectivity index (χ0n) is 11.7. The Balaban J connectivity index is 2.57. The molecule has 1 aromatic carbocycles.